The minimum Gasteiger partial charge on any atom is -0.457 e. The van der Waals surface area contributed by atoms with Crippen molar-refractivity contribution in [3.05, 3.63) is 73.1 Å². The predicted octanol–water partition coefficient (Wildman–Crippen LogP) is 4.35. The third-order valence-electron chi connectivity index (χ3n) is 5.19. The van der Waals surface area contributed by atoms with Crippen LogP contribution in [0.25, 0.3) is 16.8 Å². The number of hydrogen-bond donors (Lipinski definition) is 2. The molecule has 1 unspecified atom stereocenters. The Hall–Kier alpha value is -3.38. The van der Waals surface area contributed by atoms with Crippen LogP contribution in [-0.4, -0.2) is 33.7 Å². The molecule has 3 heterocycles. The SMILES string of the molecule is c1ccc(Oc2ccc(-c3cnn4c(NC5CCCNC5)ccnc34)cc2)cc1. The summed E-state index contributed by atoms with van der Waals surface area (Å²) >= 11 is 0. The minimum absolute atomic E-state index is 0.413. The van der Waals surface area contributed by atoms with Crippen LogP contribution in [0.5, 0.6) is 11.5 Å². The van der Waals surface area contributed by atoms with Crippen LogP contribution in [0.1, 0.15) is 12.8 Å². The number of nitrogens with one attached hydrogen (secondary N) is 2. The summed E-state index contributed by atoms with van der Waals surface area (Å²) in [6.45, 7) is 2.07. The molecule has 1 fully saturated rings. The maximum absolute atomic E-state index is 5.89. The van der Waals surface area contributed by atoms with Crippen LogP contribution in [0, 0.1) is 0 Å². The number of anilines is 1. The monoisotopic (exact) mass is 385 g/mol. The van der Waals surface area contributed by atoms with Crippen molar-refractivity contribution in [3.8, 4) is 22.6 Å². The Balaban J connectivity index is 1.39. The van der Waals surface area contributed by atoms with Crippen LogP contribution in [0.3, 0.4) is 0 Å². The quantitative estimate of drug-likeness (QED) is 0.535. The van der Waals surface area contributed by atoms with Crippen molar-refractivity contribution in [1.29, 1.82) is 0 Å². The van der Waals surface area contributed by atoms with E-state index in [1.54, 1.807) is 0 Å². The van der Waals surface area contributed by atoms with Gasteiger partial charge in [0.05, 0.1) is 6.20 Å². The van der Waals surface area contributed by atoms with Crippen molar-refractivity contribution >= 4 is 11.5 Å². The number of piperidine rings is 1. The molecule has 6 heteroatoms. The molecule has 0 bridgehead atoms. The summed E-state index contributed by atoms with van der Waals surface area (Å²) in [5, 5.41) is 11.6. The molecule has 6 nitrogen and oxygen atoms in total. The molecular weight excluding hydrogens is 362 g/mol. The Bertz CT molecular complexity index is 1090. The Morgan fingerprint density at radius 1 is 1.00 bits per heavy atom. The lowest BCUT2D eigenvalue weighted by Gasteiger charge is -2.24. The third kappa shape index (κ3) is 3.79. The van der Waals surface area contributed by atoms with Gasteiger partial charge >= 0.3 is 0 Å². The van der Waals surface area contributed by atoms with Gasteiger partial charge in [-0.1, -0.05) is 30.3 Å². The van der Waals surface area contributed by atoms with E-state index in [0.717, 1.165) is 53.6 Å². The Labute approximate surface area is 169 Å². The molecule has 0 spiro atoms. The van der Waals surface area contributed by atoms with E-state index in [0.29, 0.717) is 6.04 Å². The summed E-state index contributed by atoms with van der Waals surface area (Å²) in [5.41, 5.74) is 2.90. The zero-order valence-electron chi connectivity index (χ0n) is 16.1. The number of aromatic nitrogens is 3. The van der Waals surface area contributed by atoms with Gasteiger partial charge in [0, 0.05) is 24.3 Å². The zero-order valence-corrected chi connectivity index (χ0v) is 16.1. The van der Waals surface area contributed by atoms with Gasteiger partial charge in [-0.25, -0.2) is 4.98 Å². The summed E-state index contributed by atoms with van der Waals surface area (Å²) < 4.78 is 7.78. The van der Waals surface area contributed by atoms with Gasteiger partial charge in [0.1, 0.15) is 17.3 Å². The lowest BCUT2D eigenvalue weighted by Crippen LogP contribution is -2.38. The smallest absolute Gasteiger partial charge is 0.165 e. The minimum atomic E-state index is 0.413. The largest absolute Gasteiger partial charge is 0.457 e. The first-order valence-corrected chi connectivity index (χ1v) is 10.0. The van der Waals surface area contributed by atoms with Crippen molar-refractivity contribution in [2.75, 3.05) is 18.4 Å². The van der Waals surface area contributed by atoms with Gasteiger partial charge in [-0.05, 0) is 55.3 Å². The molecule has 0 amide bonds. The number of nitrogens with zero attached hydrogens (tertiary/aromatic N) is 3. The van der Waals surface area contributed by atoms with Gasteiger partial charge in [0.15, 0.2) is 5.65 Å². The molecule has 29 heavy (non-hydrogen) atoms. The molecule has 4 aromatic rings. The summed E-state index contributed by atoms with van der Waals surface area (Å²) in [5.74, 6) is 2.60. The lowest BCUT2D eigenvalue weighted by molar-refractivity contribution is 0.478. The van der Waals surface area contributed by atoms with Gasteiger partial charge in [0.2, 0.25) is 0 Å². The molecule has 5 rings (SSSR count). The number of benzene rings is 2. The fourth-order valence-corrected chi connectivity index (χ4v) is 3.72. The Morgan fingerprint density at radius 3 is 2.62 bits per heavy atom. The van der Waals surface area contributed by atoms with Crippen LogP contribution in [0.2, 0.25) is 0 Å². The maximum Gasteiger partial charge on any atom is 0.165 e. The summed E-state index contributed by atoms with van der Waals surface area (Å²) in [6, 6.07) is 20.2. The van der Waals surface area contributed by atoms with E-state index in [4.69, 9.17) is 4.74 Å². The highest BCUT2D eigenvalue weighted by molar-refractivity contribution is 5.78. The molecular formula is C23H23N5O. The molecule has 1 atom stereocenters. The second-order valence-corrected chi connectivity index (χ2v) is 7.25. The molecule has 146 valence electrons. The normalized spacial score (nSPS) is 16.6. The topological polar surface area (TPSA) is 63.5 Å². The predicted molar refractivity (Wildman–Crippen MR) is 114 cm³/mol. The van der Waals surface area contributed by atoms with Crippen LogP contribution in [-0.2, 0) is 0 Å². The average Bonchev–Trinajstić information content (AvgIpc) is 3.21. The Kier molecular flexibility index (Phi) is 4.84. The molecule has 0 saturated carbocycles. The van der Waals surface area contributed by atoms with Crippen molar-refractivity contribution in [2.45, 2.75) is 18.9 Å². The fraction of sp³-hybridized carbons (Fsp3) is 0.217. The van der Waals surface area contributed by atoms with Gasteiger partial charge < -0.3 is 15.4 Å². The van der Waals surface area contributed by atoms with Crippen molar-refractivity contribution < 1.29 is 4.74 Å². The van der Waals surface area contributed by atoms with Crippen molar-refractivity contribution in [1.82, 2.24) is 19.9 Å². The van der Waals surface area contributed by atoms with E-state index in [-0.39, 0.29) is 0 Å². The lowest BCUT2D eigenvalue weighted by atomic mass is 10.1. The van der Waals surface area contributed by atoms with Crippen LogP contribution >= 0.6 is 0 Å². The van der Waals surface area contributed by atoms with Crippen molar-refractivity contribution in [2.24, 2.45) is 0 Å². The number of hydrogen-bond acceptors (Lipinski definition) is 5. The van der Waals surface area contributed by atoms with E-state index >= 15 is 0 Å². The molecule has 0 aliphatic carbocycles. The van der Waals surface area contributed by atoms with E-state index in [9.17, 15) is 0 Å². The highest BCUT2D eigenvalue weighted by Crippen LogP contribution is 2.28. The fourth-order valence-electron chi connectivity index (χ4n) is 3.72. The zero-order chi connectivity index (χ0) is 19.5. The summed E-state index contributed by atoms with van der Waals surface area (Å²) in [6.07, 6.45) is 6.06. The second kappa shape index (κ2) is 7.93. The van der Waals surface area contributed by atoms with Gasteiger partial charge in [0.25, 0.3) is 0 Å². The number of fused-ring (bicyclic) bond motifs is 1. The van der Waals surface area contributed by atoms with Crippen molar-refractivity contribution in [3.63, 3.8) is 0 Å². The molecule has 2 aromatic carbocycles. The first-order chi connectivity index (χ1) is 14.4. The molecule has 2 aromatic heterocycles. The van der Waals surface area contributed by atoms with Crippen LogP contribution < -0.4 is 15.4 Å². The third-order valence-corrected chi connectivity index (χ3v) is 5.19. The first-order valence-electron chi connectivity index (χ1n) is 10.0. The van der Waals surface area contributed by atoms with Gasteiger partial charge in [-0.2, -0.15) is 9.61 Å². The molecule has 1 aliphatic rings. The van der Waals surface area contributed by atoms with E-state index in [1.165, 1.54) is 6.42 Å². The summed E-state index contributed by atoms with van der Waals surface area (Å²) in [4.78, 5) is 4.58. The number of ether oxygens (including phenoxy) is 1. The molecule has 2 N–H and O–H groups in total. The van der Waals surface area contributed by atoms with E-state index < -0.39 is 0 Å². The van der Waals surface area contributed by atoms with E-state index in [2.05, 4.69) is 20.7 Å². The average molecular weight is 385 g/mol. The number of para-hydroxylation sites is 1. The molecule has 1 aliphatic heterocycles. The standard InChI is InChI=1S/C23H23N5O/c1-2-6-19(7-3-1)29-20-10-8-17(9-11-20)21-16-26-28-22(12-14-25-23(21)28)27-18-5-4-13-24-15-18/h1-3,6-12,14,16,18,24,27H,4-5,13,15H2. The van der Waals surface area contributed by atoms with Crippen LogP contribution in [0.15, 0.2) is 73.1 Å². The molecule has 1 saturated heterocycles. The Morgan fingerprint density at radius 2 is 1.83 bits per heavy atom. The van der Waals surface area contributed by atoms with Gasteiger partial charge in [-0.15, -0.1) is 0 Å². The highest BCUT2D eigenvalue weighted by atomic mass is 16.5. The maximum atomic E-state index is 5.89. The number of rotatable bonds is 5. The first kappa shape index (κ1) is 17.7. The second-order valence-electron chi connectivity index (χ2n) is 7.25. The highest BCUT2D eigenvalue weighted by Gasteiger charge is 2.16. The summed E-state index contributed by atoms with van der Waals surface area (Å²) in [7, 11) is 0. The van der Waals surface area contributed by atoms with E-state index in [1.807, 2.05) is 77.6 Å². The molecule has 0 radical (unpaired) electrons. The van der Waals surface area contributed by atoms with Crippen LogP contribution in [0.4, 0.5) is 5.82 Å². The van der Waals surface area contributed by atoms with Gasteiger partial charge in [-0.3, -0.25) is 0 Å².